The summed E-state index contributed by atoms with van der Waals surface area (Å²) in [6.45, 7) is 7.17. The maximum atomic E-state index is 11.9. The zero-order valence-corrected chi connectivity index (χ0v) is 15.3. The molecule has 23 heavy (non-hydrogen) atoms. The van der Waals surface area contributed by atoms with Crippen LogP contribution >= 0.6 is 12.4 Å². The second-order valence-corrected chi connectivity index (χ2v) is 6.43. The summed E-state index contributed by atoms with van der Waals surface area (Å²) in [5.74, 6) is 0.175. The molecule has 1 atom stereocenters. The Morgan fingerprint density at radius 2 is 1.74 bits per heavy atom. The molecule has 3 nitrogen and oxygen atoms in total. The van der Waals surface area contributed by atoms with Gasteiger partial charge in [0.2, 0.25) is 5.91 Å². The van der Waals surface area contributed by atoms with Gasteiger partial charge in [-0.05, 0) is 44.8 Å². The average Bonchev–Trinajstić information content (AvgIpc) is 2.79. The van der Waals surface area contributed by atoms with Gasteiger partial charge in [0.25, 0.3) is 0 Å². The zero-order chi connectivity index (χ0) is 15.8. The Bertz CT molecular complexity index is 453. The van der Waals surface area contributed by atoms with Gasteiger partial charge in [0.1, 0.15) is 0 Å². The Balaban J connectivity index is 0.00000264. The number of carbonyl (C=O) groups is 1. The minimum absolute atomic E-state index is 0. The van der Waals surface area contributed by atoms with Crippen LogP contribution in [0.3, 0.4) is 0 Å². The molecule has 0 radical (unpaired) electrons. The Labute approximate surface area is 147 Å². The highest BCUT2D eigenvalue weighted by atomic mass is 35.5. The quantitative estimate of drug-likeness (QED) is 0.841. The first kappa shape index (κ1) is 20.0. The number of hydrogen-bond acceptors (Lipinski definition) is 2. The lowest BCUT2D eigenvalue weighted by Gasteiger charge is -2.31. The van der Waals surface area contributed by atoms with Gasteiger partial charge < -0.3 is 5.32 Å². The number of amides is 1. The Morgan fingerprint density at radius 3 is 2.30 bits per heavy atom. The molecule has 0 spiro atoms. The highest BCUT2D eigenvalue weighted by molar-refractivity contribution is 5.85. The predicted octanol–water partition coefficient (Wildman–Crippen LogP) is 4.25. The minimum atomic E-state index is 0. The van der Waals surface area contributed by atoms with Crippen molar-refractivity contribution in [2.75, 3.05) is 19.6 Å². The van der Waals surface area contributed by atoms with E-state index in [2.05, 4.69) is 41.4 Å². The fourth-order valence-electron chi connectivity index (χ4n) is 3.18. The van der Waals surface area contributed by atoms with E-state index in [0.717, 1.165) is 26.1 Å². The van der Waals surface area contributed by atoms with Crippen LogP contribution in [0.5, 0.6) is 0 Å². The summed E-state index contributed by atoms with van der Waals surface area (Å²) in [4.78, 5) is 14.4. The molecule has 0 aromatic heterocycles. The lowest BCUT2D eigenvalue weighted by atomic mass is 10.0. The van der Waals surface area contributed by atoms with Crippen LogP contribution in [0, 0.1) is 6.92 Å². The molecule has 1 unspecified atom stereocenters. The predicted molar refractivity (Wildman–Crippen MR) is 99.1 cm³/mol. The van der Waals surface area contributed by atoms with E-state index in [1.54, 1.807) is 0 Å². The van der Waals surface area contributed by atoms with Crippen LogP contribution in [-0.2, 0) is 4.79 Å². The van der Waals surface area contributed by atoms with Gasteiger partial charge in [0.05, 0.1) is 6.04 Å². The Morgan fingerprint density at radius 1 is 1.13 bits per heavy atom. The average molecular weight is 339 g/mol. The lowest BCUT2D eigenvalue weighted by molar-refractivity contribution is -0.121. The van der Waals surface area contributed by atoms with Crippen LogP contribution in [0.1, 0.15) is 62.6 Å². The fraction of sp³-hybridized carbons (Fsp3) is 0.632. The molecule has 1 aliphatic rings. The van der Waals surface area contributed by atoms with Gasteiger partial charge >= 0.3 is 0 Å². The van der Waals surface area contributed by atoms with Crippen LogP contribution in [0.15, 0.2) is 24.3 Å². The van der Waals surface area contributed by atoms with E-state index in [1.807, 2.05) is 6.92 Å². The van der Waals surface area contributed by atoms with Crippen molar-refractivity contribution in [3.8, 4) is 0 Å². The van der Waals surface area contributed by atoms with Gasteiger partial charge in [-0.1, -0.05) is 49.6 Å². The summed E-state index contributed by atoms with van der Waals surface area (Å²) in [5.41, 5.74) is 2.61. The summed E-state index contributed by atoms with van der Waals surface area (Å²) < 4.78 is 0. The normalized spacial score (nSPS) is 17.0. The second kappa shape index (κ2) is 10.7. The minimum Gasteiger partial charge on any atom is -0.354 e. The first-order valence-corrected chi connectivity index (χ1v) is 8.78. The molecule has 2 rings (SSSR count). The molecule has 0 aliphatic carbocycles. The molecule has 1 N–H and O–H groups in total. The van der Waals surface area contributed by atoms with Gasteiger partial charge in [-0.15, -0.1) is 12.4 Å². The highest BCUT2D eigenvalue weighted by Gasteiger charge is 2.21. The van der Waals surface area contributed by atoms with Gasteiger partial charge in [0, 0.05) is 13.0 Å². The molecular weight excluding hydrogens is 308 g/mol. The largest absolute Gasteiger partial charge is 0.354 e. The van der Waals surface area contributed by atoms with Crippen LogP contribution in [-0.4, -0.2) is 30.4 Å². The van der Waals surface area contributed by atoms with Crippen LogP contribution < -0.4 is 5.32 Å². The topological polar surface area (TPSA) is 32.3 Å². The summed E-state index contributed by atoms with van der Waals surface area (Å²) in [7, 11) is 0. The maximum absolute atomic E-state index is 11.9. The summed E-state index contributed by atoms with van der Waals surface area (Å²) in [5, 5.41) is 3.13. The first-order chi connectivity index (χ1) is 10.7. The molecule has 1 heterocycles. The molecule has 0 saturated carbocycles. The third-order valence-electron chi connectivity index (χ3n) is 4.51. The highest BCUT2D eigenvalue weighted by Crippen LogP contribution is 2.24. The molecule has 1 fully saturated rings. The van der Waals surface area contributed by atoms with Gasteiger partial charge in [0.15, 0.2) is 0 Å². The summed E-state index contributed by atoms with van der Waals surface area (Å²) >= 11 is 0. The van der Waals surface area contributed by atoms with Crippen LogP contribution in [0.2, 0.25) is 0 Å². The van der Waals surface area contributed by atoms with Crippen LogP contribution in [0.4, 0.5) is 0 Å². The second-order valence-electron chi connectivity index (χ2n) is 6.43. The number of benzene rings is 1. The van der Waals surface area contributed by atoms with Gasteiger partial charge in [-0.3, -0.25) is 9.69 Å². The molecule has 4 heteroatoms. The summed E-state index contributed by atoms with van der Waals surface area (Å²) in [6, 6.07) is 9.09. The van der Waals surface area contributed by atoms with Crippen molar-refractivity contribution >= 4 is 18.3 Å². The summed E-state index contributed by atoms with van der Waals surface area (Å²) in [6.07, 6.45) is 6.74. The van der Waals surface area contributed by atoms with E-state index >= 15 is 0 Å². The standard InChI is InChI=1S/C19H30N2O.ClH/c1-3-8-19(22)20-15-18(17-11-9-16(2)10-12-17)21-13-6-4-5-7-14-21;/h9-12,18H,3-8,13-15H2,1-2H3,(H,20,22);1H. The van der Waals surface area contributed by atoms with Crippen molar-refractivity contribution in [1.82, 2.24) is 10.2 Å². The molecule has 0 bridgehead atoms. The number of carbonyl (C=O) groups excluding carboxylic acids is 1. The number of nitrogens with one attached hydrogen (secondary N) is 1. The smallest absolute Gasteiger partial charge is 0.220 e. The van der Waals surface area contributed by atoms with Crippen LogP contribution in [0.25, 0.3) is 0 Å². The molecular formula is C19H31ClN2O. The Hall–Kier alpha value is -1.06. The molecule has 1 aromatic carbocycles. The zero-order valence-electron chi connectivity index (χ0n) is 14.5. The molecule has 1 amide bonds. The SMILES string of the molecule is CCCC(=O)NCC(c1ccc(C)cc1)N1CCCCCC1.Cl. The van der Waals surface area contributed by atoms with Crippen molar-refractivity contribution in [1.29, 1.82) is 0 Å². The van der Waals surface area contributed by atoms with Crippen molar-refractivity contribution in [3.05, 3.63) is 35.4 Å². The molecule has 1 aromatic rings. The number of nitrogens with zero attached hydrogens (tertiary/aromatic N) is 1. The first-order valence-electron chi connectivity index (χ1n) is 8.78. The van der Waals surface area contributed by atoms with Gasteiger partial charge in [-0.2, -0.15) is 0 Å². The van der Waals surface area contributed by atoms with Crippen molar-refractivity contribution in [2.24, 2.45) is 0 Å². The van der Waals surface area contributed by atoms with Crippen molar-refractivity contribution < 1.29 is 4.79 Å². The molecule has 1 aliphatic heterocycles. The van der Waals surface area contributed by atoms with E-state index in [9.17, 15) is 4.79 Å². The number of rotatable bonds is 6. The van der Waals surface area contributed by atoms with E-state index < -0.39 is 0 Å². The van der Waals surface area contributed by atoms with E-state index in [4.69, 9.17) is 0 Å². The number of halogens is 1. The monoisotopic (exact) mass is 338 g/mol. The third kappa shape index (κ3) is 6.52. The van der Waals surface area contributed by atoms with Crippen molar-refractivity contribution in [3.63, 3.8) is 0 Å². The van der Waals surface area contributed by atoms with Crippen molar-refractivity contribution in [2.45, 2.75) is 58.4 Å². The Kier molecular flexibility index (Phi) is 9.27. The van der Waals surface area contributed by atoms with Gasteiger partial charge in [-0.25, -0.2) is 0 Å². The fourth-order valence-corrected chi connectivity index (χ4v) is 3.18. The van der Waals surface area contributed by atoms with E-state index in [-0.39, 0.29) is 18.3 Å². The van der Waals surface area contributed by atoms with E-state index in [1.165, 1.54) is 36.8 Å². The number of likely N-dealkylation sites (tertiary alicyclic amines) is 1. The molecule has 1 saturated heterocycles. The number of aryl methyl sites for hydroxylation is 1. The number of hydrogen-bond donors (Lipinski definition) is 1. The third-order valence-corrected chi connectivity index (χ3v) is 4.51. The van der Waals surface area contributed by atoms with E-state index in [0.29, 0.717) is 12.5 Å². The maximum Gasteiger partial charge on any atom is 0.220 e. The lowest BCUT2D eigenvalue weighted by Crippen LogP contribution is -2.38. The molecule has 130 valence electrons.